The van der Waals surface area contributed by atoms with Crippen LogP contribution in [-0.4, -0.2) is 23.3 Å². The summed E-state index contributed by atoms with van der Waals surface area (Å²) in [6, 6.07) is 53.8. The minimum absolute atomic E-state index is 0.223. The van der Waals surface area contributed by atoms with Gasteiger partial charge in [0.25, 0.3) is 0 Å². The molecule has 2 N–H and O–H groups in total. The van der Waals surface area contributed by atoms with Gasteiger partial charge in [-0.25, -0.2) is 4.99 Å². The fourth-order valence-corrected chi connectivity index (χ4v) is 10.0. The lowest BCUT2D eigenvalue weighted by Gasteiger charge is -2.13. The van der Waals surface area contributed by atoms with Gasteiger partial charge in [-0.2, -0.15) is 0 Å². The van der Waals surface area contributed by atoms with E-state index < -0.39 is 0 Å². The SMILES string of the molecule is CN/C(=N\C(=N)c1ccccc1)c1cccc2sc3cccc(-n4c5ccccc5c5cc(-c6cccc7c6sc6ccccc67)ccc54)c3c12. The molecule has 3 aromatic heterocycles. The van der Waals surface area contributed by atoms with Crippen molar-refractivity contribution in [2.24, 2.45) is 4.99 Å². The molecule has 51 heavy (non-hydrogen) atoms. The first-order valence-corrected chi connectivity index (χ1v) is 18.6. The highest BCUT2D eigenvalue weighted by molar-refractivity contribution is 7.26. The van der Waals surface area contributed by atoms with Gasteiger partial charge in [0, 0.05) is 69.3 Å². The molecule has 0 aliphatic carbocycles. The number of rotatable bonds is 4. The second-order valence-corrected chi connectivity index (χ2v) is 14.9. The summed E-state index contributed by atoms with van der Waals surface area (Å²) in [6.45, 7) is 0. The standard InChI is InChI=1S/C45H30N4S2/c1-47-45(48-44(46)27-12-3-2-4-13-27)33-18-10-22-39-41(33)42-37(20-11-23-40(42)50-39)49-35-19-7-5-14-30(35)34-26-28(24-25-36(34)49)29-16-9-17-32-31-15-6-8-21-38(31)51-43(29)32/h2-26H,1H3,(H2,46,47,48). The molecule has 6 heteroatoms. The van der Waals surface area contributed by atoms with Crippen LogP contribution in [-0.2, 0) is 0 Å². The molecule has 0 amide bonds. The number of fused-ring (bicyclic) bond motifs is 9. The molecule has 0 unspecified atom stereocenters. The maximum absolute atomic E-state index is 8.81. The summed E-state index contributed by atoms with van der Waals surface area (Å²) in [5.74, 6) is 0.896. The Morgan fingerprint density at radius 2 is 1.27 bits per heavy atom. The normalized spacial score (nSPS) is 12.2. The molecule has 0 bridgehead atoms. The molecular formula is C45H30N4S2. The zero-order valence-corrected chi connectivity index (χ0v) is 29.3. The van der Waals surface area contributed by atoms with Crippen LogP contribution in [0.15, 0.2) is 157 Å². The Hall–Kier alpha value is -6.08. The van der Waals surface area contributed by atoms with Crippen molar-refractivity contribution in [1.82, 2.24) is 9.88 Å². The van der Waals surface area contributed by atoms with Gasteiger partial charge in [-0.1, -0.05) is 109 Å². The summed E-state index contributed by atoms with van der Waals surface area (Å²) in [5.41, 5.74) is 7.71. The van der Waals surface area contributed by atoms with Gasteiger partial charge in [0.15, 0.2) is 5.84 Å². The van der Waals surface area contributed by atoms with Crippen molar-refractivity contribution in [1.29, 1.82) is 5.41 Å². The van der Waals surface area contributed by atoms with E-state index >= 15 is 0 Å². The second-order valence-electron chi connectivity index (χ2n) is 12.7. The second kappa shape index (κ2) is 11.8. The lowest BCUT2D eigenvalue weighted by atomic mass is 10.0. The van der Waals surface area contributed by atoms with Gasteiger partial charge in [0.05, 0.1) is 16.7 Å². The molecule has 4 nitrogen and oxygen atoms in total. The van der Waals surface area contributed by atoms with Crippen molar-refractivity contribution in [3.63, 3.8) is 0 Å². The molecule has 10 aromatic rings. The van der Waals surface area contributed by atoms with E-state index in [0.717, 1.165) is 22.2 Å². The maximum atomic E-state index is 8.81. The molecule has 7 aromatic carbocycles. The van der Waals surface area contributed by atoms with Crippen molar-refractivity contribution in [2.75, 3.05) is 7.05 Å². The summed E-state index contributed by atoms with van der Waals surface area (Å²) in [6.07, 6.45) is 0. The topological polar surface area (TPSA) is 53.2 Å². The first-order valence-electron chi connectivity index (χ1n) is 17.0. The number of para-hydroxylation sites is 1. The maximum Gasteiger partial charge on any atom is 0.154 e. The van der Waals surface area contributed by atoms with Crippen LogP contribution in [0.4, 0.5) is 0 Å². The van der Waals surface area contributed by atoms with Crippen LogP contribution in [0.25, 0.3) is 79.0 Å². The highest BCUT2D eigenvalue weighted by Gasteiger charge is 2.21. The molecular weight excluding hydrogens is 661 g/mol. The van der Waals surface area contributed by atoms with Crippen LogP contribution >= 0.6 is 22.7 Å². The average Bonchev–Trinajstić information content (AvgIpc) is 3.86. The van der Waals surface area contributed by atoms with Gasteiger partial charge in [-0.05, 0) is 53.6 Å². The number of thiophene rings is 2. The quantitative estimate of drug-likeness (QED) is 0.140. The molecule has 3 heterocycles. The van der Waals surface area contributed by atoms with Gasteiger partial charge in [0.2, 0.25) is 0 Å². The highest BCUT2D eigenvalue weighted by Crippen LogP contribution is 2.44. The van der Waals surface area contributed by atoms with Crippen LogP contribution < -0.4 is 5.32 Å². The Morgan fingerprint density at radius 3 is 2.14 bits per heavy atom. The molecule has 0 aliphatic rings. The molecule has 0 fully saturated rings. The van der Waals surface area contributed by atoms with Crippen LogP contribution in [0.2, 0.25) is 0 Å². The molecule has 0 atom stereocenters. The first kappa shape index (κ1) is 29.8. The fourth-order valence-electron chi connectivity index (χ4n) is 7.63. The minimum atomic E-state index is 0.223. The average molecular weight is 691 g/mol. The van der Waals surface area contributed by atoms with E-state index in [1.54, 1.807) is 11.3 Å². The number of hydrogen-bond acceptors (Lipinski definition) is 3. The van der Waals surface area contributed by atoms with E-state index in [4.69, 9.17) is 10.4 Å². The van der Waals surface area contributed by atoms with E-state index in [2.05, 4.69) is 131 Å². The van der Waals surface area contributed by atoms with Crippen LogP contribution in [0, 0.1) is 5.41 Å². The van der Waals surface area contributed by atoms with Crippen LogP contribution in [0.1, 0.15) is 11.1 Å². The molecule has 0 radical (unpaired) electrons. The Morgan fingerprint density at radius 1 is 0.588 bits per heavy atom. The lowest BCUT2D eigenvalue weighted by molar-refractivity contribution is 1.17. The largest absolute Gasteiger partial charge is 0.373 e. The van der Waals surface area contributed by atoms with E-state index in [1.165, 1.54) is 67.9 Å². The molecule has 242 valence electrons. The Labute approximate surface area is 302 Å². The third kappa shape index (κ3) is 4.64. The summed E-state index contributed by atoms with van der Waals surface area (Å²) in [5, 5.41) is 19.5. The lowest BCUT2D eigenvalue weighted by Crippen LogP contribution is -2.21. The number of benzene rings is 7. The molecule has 0 saturated carbocycles. The number of amidine groups is 2. The van der Waals surface area contributed by atoms with Gasteiger partial charge in [-0.15, -0.1) is 22.7 Å². The first-order chi connectivity index (χ1) is 25.2. The zero-order valence-electron chi connectivity index (χ0n) is 27.6. The van der Waals surface area contributed by atoms with E-state index in [0.29, 0.717) is 5.84 Å². The van der Waals surface area contributed by atoms with E-state index in [-0.39, 0.29) is 5.84 Å². The molecule has 0 saturated heterocycles. The summed E-state index contributed by atoms with van der Waals surface area (Å²) in [4.78, 5) is 4.83. The van der Waals surface area contributed by atoms with Crippen LogP contribution in [0.5, 0.6) is 0 Å². The number of nitrogens with one attached hydrogen (secondary N) is 2. The summed E-state index contributed by atoms with van der Waals surface area (Å²) in [7, 11) is 1.88. The van der Waals surface area contributed by atoms with Crippen molar-refractivity contribution in [3.8, 4) is 16.8 Å². The van der Waals surface area contributed by atoms with Crippen LogP contribution in [0.3, 0.4) is 0 Å². The zero-order chi connectivity index (χ0) is 34.1. The fraction of sp³-hybridized carbons (Fsp3) is 0.0222. The van der Waals surface area contributed by atoms with Gasteiger partial charge < -0.3 is 9.88 Å². The monoisotopic (exact) mass is 690 g/mol. The molecule has 0 spiro atoms. The van der Waals surface area contributed by atoms with Crippen molar-refractivity contribution in [2.45, 2.75) is 0 Å². The Bertz CT molecular complexity index is 3030. The highest BCUT2D eigenvalue weighted by atomic mass is 32.1. The molecule has 10 rings (SSSR count). The summed E-state index contributed by atoms with van der Waals surface area (Å²) >= 11 is 3.67. The number of aromatic nitrogens is 1. The van der Waals surface area contributed by atoms with Crippen molar-refractivity contribution >= 4 is 96.5 Å². The summed E-state index contributed by atoms with van der Waals surface area (Å²) < 4.78 is 7.47. The van der Waals surface area contributed by atoms with Gasteiger partial charge >= 0.3 is 0 Å². The number of hydrogen-bond donors (Lipinski definition) is 2. The number of nitrogens with zero attached hydrogens (tertiary/aromatic N) is 2. The van der Waals surface area contributed by atoms with Crippen molar-refractivity contribution < 1.29 is 0 Å². The van der Waals surface area contributed by atoms with Gasteiger partial charge in [-0.3, -0.25) is 5.41 Å². The van der Waals surface area contributed by atoms with E-state index in [9.17, 15) is 0 Å². The predicted molar refractivity (Wildman–Crippen MR) is 221 cm³/mol. The van der Waals surface area contributed by atoms with E-state index in [1.807, 2.05) is 48.7 Å². The Kier molecular flexibility index (Phi) is 6.88. The smallest absolute Gasteiger partial charge is 0.154 e. The minimum Gasteiger partial charge on any atom is -0.373 e. The molecule has 0 aliphatic heterocycles. The predicted octanol–water partition coefficient (Wildman–Crippen LogP) is 12.2. The van der Waals surface area contributed by atoms with Gasteiger partial charge in [0.1, 0.15) is 5.84 Å². The third-order valence-corrected chi connectivity index (χ3v) is 12.2. The van der Waals surface area contributed by atoms with Crippen molar-refractivity contribution in [3.05, 3.63) is 163 Å². The Balaban J connectivity index is 1.21. The third-order valence-electron chi connectivity index (χ3n) is 9.89. The number of aliphatic imine (C=N–C) groups is 1.